The van der Waals surface area contributed by atoms with Crippen molar-refractivity contribution in [2.75, 3.05) is 0 Å². The first kappa shape index (κ1) is 12.5. The third-order valence-electron chi connectivity index (χ3n) is 3.19. The van der Waals surface area contributed by atoms with E-state index in [4.69, 9.17) is 9.47 Å². The molecule has 1 heterocycles. The molecule has 15 heavy (non-hydrogen) atoms. The number of hydrogen-bond donors (Lipinski definition) is 0. The van der Waals surface area contributed by atoms with Crippen LogP contribution in [0.15, 0.2) is 0 Å². The second-order valence-electron chi connectivity index (χ2n) is 5.17. The molecule has 1 saturated heterocycles. The fourth-order valence-electron chi connectivity index (χ4n) is 1.61. The number of hydrogen-bond acceptors (Lipinski definition) is 3. The van der Waals surface area contributed by atoms with Gasteiger partial charge in [-0.3, -0.25) is 4.79 Å². The second-order valence-corrected chi connectivity index (χ2v) is 5.17. The SMILES string of the molecule is CCC(C)(C)C(=O)OC1OC(C)CC1C. The van der Waals surface area contributed by atoms with E-state index in [9.17, 15) is 4.79 Å². The Hall–Kier alpha value is -0.570. The number of rotatable bonds is 3. The van der Waals surface area contributed by atoms with E-state index in [0.717, 1.165) is 12.8 Å². The van der Waals surface area contributed by atoms with Crippen LogP contribution < -0.4 is 0 Å². The lowest BCUT2D eigenvalue weighted by molar-refractivity contribution is -0.189. The molecule has 88 valence electrons. The summed E-state index contributed by atoms with van der Waals surface area (Å²) < 4.78 is 10.9. The van der Waals surface area contributed by atoms with E-state index in [2.05, 4.69) is 6.92 Å². The van der Waals surface area contributed by atoms with Crippen molar-refractivity contribution in [3.05, 3.63) is 0 Å². The van der Waals surface area contributed by atoms with E-state index in [0.29, 0.717) is 5.92 Å². The minimum absolute atomic E-state index is 0.157. The standard InChI is InChI=1S/C12H22O3/c1-6-12(4,5)11(13)15-10-8(2)7-9(3)14-10/h8-10H,6-7H2,1-5H3. The van der Waals surface area contributed by atoms with Crippen molar-refractivity contribution in [3.8, 4) is 0 Å². The summed E-state index contributed by atoms with van der Waals surface area (Å²) in [7, 11) is 0. The van der Waals surface area contributed by atoms with Crippen LogP contribution in [0.5, 0.6) is 0 Å². The quantitative estimate of drug-likeness (QED) is 0.678. The first-order valence-electron chi connectivity index (χ1n) is 5.73. The lowest BCUT2D eigenvalue weighted by Crippen LogP contribution is -2.32. The van der Waals surface area contributed by atoms with Gasteiger partial charge in [-0.15, -0.1) is 0 Å². The summed E-state index contributed by atoms with van der Waals surface area (Å²) in [5.41, 5.74) is -0.408. The molecule has 3 atom stereocenters. The van der Waals surface area contributed by atoms with E-state index < -0.39 is 5.41 Å². The number of esters is 1. The Kier molecular flexibility index (Phi) is 3.77. The van der Waals surface area contributed by atoms with E-state index >= 15 is 0 Å². The predicted molar refractivity (Wildman–Crippen MR) is 58.3 cm³/mol. The van der Waals surface area contributed by atoms with Crippen molar-refractivity contribution >= 4 is 5.97 Å². The average Bonchev–Trinajstić information content (AvgIpc) is 2.45. The van der Waals surface area contributed by atoms with E-state index in [1.165, 1.54) is 0 Å². The van der Waals surface area contributed by atoms with Crippen molar-refractivity contribution < 1.29 is 14.3 Å². The molecule has 0 aromatic carbocycles. The molecule has 1 fully saturated rings. The second kappa shape index (κ2) is 4.52. The molecule has 0 radical (unpaired) electrons. The zero-order valence-electron chi connectivity index (χ0n) is 10.4. The fourth-order valence-corrected chi connectivity index (χ4v) is 1.61. The highest BCUT2D eigenvalue weighted by Crippen LogP contribution is 2.30. The van der Waals surface area contributed by atoms with Crippen LogP contribution in [0.2, 0.25) is 0 Å². The minimum atomic E-state index is -0.408. The molecule has 3 heteroatoms. The zero-order valence-corrected chi connectivity index (χ0v) is 10.4. The van der Waals surface area contributed by atoms with Gasteiger partial charge in [0.25, 0.3) is 0 Å². The molecular formula is C12H22O3. The highest BCUT2D eigenvalue weighted by molar-refractivity contribution is 5.75. The zero-order chi connectivity index (χ0) is 11.6. The average molecular weight is 214 g/mol. The van der Waals surface area contributed by atoms with Crippen LogP contribution in [0, 0.1) is 11.3 Å². The molecule has 0 aromatic rings. The van der Waals surface area contributed by atoms with E-state index in [1.54, 1.807) is 0 Å². The Balaban J connectivity index is 2.52. The highest BCUT2D eigenvalue weighted by Gasteiger charge is 2.36. The van der Waals surface area contributed by atoms with E-state index in [1.807, 2.05) is 27.7 Å². The summed E-state index contributed by atoms with van der Waals surface area (Å²) in [5, 5.41) is 0. The maximum absolute atomic E-state index is 11.8. The van der Waals surface area contributed by atoms with Gasteiger partial charge < -0.3 is 9.47 Å². The van der Waals surface area contributed by atoms with Gasteiger partial charge in [0.05, 0.1) is 11.5 Å². The summed E-state index contributed by atoms with van der Waals surface area (Å²) in [6, 6.07) is 0. The first-order valence-corrected chi connectivity index (χ1v) is 5.73. The van der Waals surface area contributed by atoms with Crippen LogP contribution in [-0.2, 0) is 14.3 Å². The molecule has 0 amide bonds. The first-order chi connectivity index (χ1) is 6.86. The molecule has 3 nitrogen and oxygen atoms in total. The fraction of sp³-hybridized carbons (Fsp3) is 0.917. The molecule has 0 N–H and O–H groups in total. The Labute approximate surface area is 92.1 Å². The summed E-state index contributed by atoms with van der Waals surface area (Å²) >= 11 is 0. The Morgan fingerprint density at radius 2 is 2.07 bits per heavy atom. The van der Waals surface area contributed by atoms with E-state index in [-0.39, 0.29) is 18.4 Å². The van der Waals surface area contributed by atoms with Crippen molar-refractivity contribution in [1.29, 1.82) is 0 Å². The maximum atomic E-state index is 11.8. The lowest BCUT2D eigenvalue weighted by atomic mass is 9.90. The van der Waals surface area contributed by atoms with Crippen LogP contribution in [-0.4, -0.2) is 18.4 Å². The van der Waals surface area contributed by atoms with Gasteiger partial charge in [-0.2, -0.15) is 0 Å². The van der Waals surface area contributed by atoms with Crippen molar-refractivity contribution in [1.82, 2.24) is 0 Å². The number of ether oxygens (including phenoxy) is 2. The molecule has 0 spiro atoms. The number of carbonyl (C=O) groups is 1. The molecule has 3 unspecified atom stereocenters. The third-order valence-corrected chi connectivity index (χ3v) is 3.19. The van der Waals surface area contributed by atoms with Crippen LogP contribution in [0.1, 0.15) is 47.5 Å². The Bertz CT molecular complexity index is 235. The molecule has 0 saturated carbocycles. The minimum Gasteiger partial charge on any atom is -0.435 e. The van der Waals surface area contributed by atoms with Crippen LogP contribution in [0.25, 0.3) is 0 Å². The molecular weight excluding hydrogens is 192 g/mol. The summed E-state index contributed by atoms with van der Waals surface area (Å²) in [4.78, 5) is 11.8. The van der Waals surface area contributed by atoms with Gasteiger partial charge in [-0.1, -0.05) is 13.8 Å². The van der Waals surface area contributed by atoms with Crippen LogP contribution >= 0.6 is 0 Å². The molecule has 0 bridgehead atoms. The summed E-state index contributed by atoms with van der Waals surface area (Å²) in [5.74, 6) is 0.146. The van der Waals surface area contributed by atoms with Gasteiger partial charge in [0, 0.05) is 5.92 Å². The van der Waals surface area contributed by atoms with Crippen molar-refractivity contribution in [2.45, 2.75) is 59.9 Å². The smallest absolute Gasteiger partial charge is 0.313 e. The third kappa shape index (κ3) is 2.94. The largest absolute Gasteiger partial charge is 0.435 e. The molecule has 0 aromatic heterocycles. The molecule has 0 aliphatic carbocycles. The maximum Gasteiger partial charge on any atom is 0.313 e. The van der Waals surface area contributed by atoms with Gasteiger partial charge in [0.2, 0.25) is 6.29 Å². The topological polar surface area (TPSA) is 35.5 Å². The Morgan fingerprint density at radius 3 is 2.47 bits per heavy atom. The summed E-state index contributed by atoms with van der Waals surface area (Å²) in [6.45, 7) is 9.86. The van der Waals surface area contributed by atoms with Crippen molar-refractivity contribution in [2.24, 2.45) is 11.3 Å². The van der Waals surface area contributed by atoms with Gasteiger partial charge >= 0.3 is 5.97 Å². The Morgan fingerprint density at radius 1 is 1.47 bits per heavy atom. The molecule has 1 rings (SSSR count). The molecule has 1 aliphatic rings. The normalized spacial score (nSPS) is 31.7. The van der Waals surface area contributed by atoms with Crippen molar-refractivity contribution in [3.63, 3.8) is 0 Å². The van der Waals surface area contributed by atoms with Gasteiger partial charge in [-0.25, -0.2) is 0 Å². The van der Waals surface area contributed by atoms with Gasteiger partial charge in [0.1, 0.15) is 0 Å². The lowest BCUT2D eigenvalue weighted by Gasteiger charge is -2.24. The van der Waals surface area contributed by atoms with Gasteiger partial charge in [-0.05, 0) is 33.6 Å². The number of carbonyl (C=O) groups excluding carboxylic acids is 1. The molecule has 1 aliphatic heterocycles. The monoisotopic (exact) mass is 214 g/mol. The van der Waals surface area contributed by atoms with Gasteiger partial charge in [0.15, 0.2) is 0 Å². The predicted octanol–water partition coefficient (Wildman–Crippen LogP) is 2.74. The van der Waals surface area contributed by atoms with Crippen LogP contribution in [0.3, 0.4) is 0 Å². The van der Waals surface area contributed by atoms with Crippen LogP contribution in [0.4, 0.5) is 0 Å². The highest BCUT2D eigenvalue weighted by atomic mass is 16.7. The summed E-state index contributed by atoms with van der Waals surface area (Å²) in [6.07, 6.45) is 1.59.